The number of amides is 2. The molecule has 160 valence electrons. The van der Waals surface area contributed by atoms with Gasteiger partial charge in [-0.3, -0.25) is 9.59 Å². The van der Waals surface area contributed by atoms with Gasteiger partial charge in [-0.25, -0.2) is 0 Å². The molecule has 0 fully saturated rings. The van der Waals surface area contributed by atoms with Crippen molar-refractivity contribution in [3.05, 3.63) is 92.6 Å². The minimum absolute atomic E-state index is 0.0822. The Bertz CT molecular complexity index is 1070. The van der Waals surface area contributed by atoms with E-state index in [4.69, 9.17) is 16.3 Å². The molecule has 3 aromatic rings. The van der Waals surface area contributed by atoms with Crippen molar-refractivity contribution >= 4 is 34.8 Å². The Kier molecular flexibility index (Phi) is 6.70. The number of rotatable bonds is 7. The van der Waals surface area contributed by atoms with Crippen molar-refractivity contribution in [1.82, 2.24) is 10.2 Å². The first-order valence-corrected chi connectivity index (χ1v) is 11.3. The summed E-state index contributed by atoms with van der Waals surface area (Å²) in [5, 5.41) is 5.62. The van der Waals surface area contributed by atoms with Gasteiger partial charge in [0.15, 0.2) is 0 Å². The van der Waals surface area contributed by atoms with Gasteiger partial charge in [0, 0.05) is 35.7 Å². The lowest BCUT2D eigenvalue weighted by Crippen LogP contribution is -2.48. The predicted octanol–water partition coefficient (Wildman–Crippen LogP) is 4.65. The number of methoxy groups -OCH3 is 1. The van der Waals surface area contributed by atoms with Gasteiger partial charge in [-0.05, 0) is 34.7 Å². The second-order valence-electron chi connectivity index (χ2n) is 7.33. The molecule has 1 N–H and O–H groups in total. The van der Waals surface area contributed by atoms with Gasteiger partial charge in [0.05, 0.1) is 18.6 Å². The molecule has 5 nitrogen and oxygen atoms in total. The molecular formula is C24H23ClN2O3S. The van der Waals surface area contributed by atoms with Gasteiger partial charge in [0.2, 0.25) is 5.91 Å². The lowest BCUT2D eigenvalue weighted by atomic mass is 9.81. The van der Waals surface area contributed by atoms with Crippen molar-refractivity contribution in [2.45, 2.75) is 18.5 Å². The second kappa shape index (κ2) is 9.64. The van der Waals surface area contributed by atoms with Crippen LogP contribution >= 0.6 is 22.9 Å². The number of nitrogens with one attached hydrogen (secondary N) is 1. The van der Waals surface area contributed by atoms with Crippen LogP contribution in [0.2, 0.25) is 5.02 Å². The third kappa shape index (κ3) is 4.37. The van der Waals surface area contributed by atoms with E-state index >= 15 is 0 Å². The minimum atomic E-state index is -0.535. The maximum Gasteiger partial charge on any atom is 0.254 e. The van der Waals surface area contributed by atoms with Crippen LogP contribution < -0.4 is 5.32 Å². The molecule has 2 amide bonds. The Hall–Kier alpha value is -2.67. The average Bonchev–Trinajstić information content (AvgIpc) is 3.32. The minimum Gasteiger partial charge on any atom is -0.383 e. The van der Waals surface area contributed by atoms with Crippen LogP contribution in [-0.4, -0.2) is 37.0 Å². The quantitative estimate of drug-likeness (QED) is 0.565. The van der Waals surface area contributed by atoms with Crippen LogP contribution in [0, 0.1) is 0 Å². The third-order valence-corrected chi connectivity index (χ3v) is 6.81. The van der Waals surface area contributed by atoms with Crippen molar-refractivity contribution in [3.8, 4) is 0 Å². The third-order valence-electron chi connectivity index (χ3n) is 5.50. The fraction of sp³-hybridized carbons (Fsp3) is 0.250. The SMILES string of the molecule is COCCN1C(=O)c2ccccc2[C@@H](C(=O)NCc2ccccc2Cl)[C@@H]1c1cccs1. The molecule has 1 aliphatic heterocycles. The van der Waals surface area contributed by atoms with Crippen LogP contribution in [0.5, 0.6) is 0 Å². The molecule has 0 bridgehead atoms. The van der Waals surface area contributed by atoms with Gasteiger partial charge >= 0.3 is 0 Å². The van der Waals surface area contributed by atoms with E-state index in [-0.39, 0.29) is 11.8 Å². The highest BCUT2D eigenvalue weighted by Gasteiger charge is 2.44. The molecule has 1 aliphatic rings. The molecule has 31 heavy (non-hydrogen) atoms. The Morgan fingerprint density at radius 3 is 2.65 bits per heavy atom. The number of hydrogen-bond donors (Lipinski definition) is 1. The molecule has 0 radical (unpaired) electrons. The van der Waals surface area contributed by atoms with Gasteiger partial charge in [-0.2, -0.15) is 0 Å². The van der Waals surface area contributed by atoms with Gasteiger partial charge < -0.3 is 15.0 Å². The van der Waals surface area contributed by atoms with Crippen molar-refractivity contribution < 1.29 is 14.3 Å². The Balaban J connectivity index is 1.72. The lowest BCUT2D eigenvalue weighted by molar-refractivity contribution is -0.124. The number of thiophene rings is 1. The fourth-order valence-corrected chi connectivity index (χ4v) is 5.10. The average molecular weight is 455 g/mol. The summed E-state index contributed by atoms with van der Waals surface area (Å²) in [5.41, 5.74) is 2.15. The summed E-state index contributed by atoms with van der Waals surface area (Å²) in [5.74, 6) is -0.756. The van der Waals surface area contributed by atoms with E-state index in [0.29, 0.717) is 30.3 Å². The number of hydrogen-bond acceptors (Lipinski definition) is 4. The first kappa shape index (κ1) is 21.6. The summed E-state index contributed by atoms with van der Waals surface area (Å²) < 4.78 is 5.26. The molecule has 1 aromatic heterocycles. The normalized spacial score (nSPS) is 18.0. The molecule has 0 spiro atoms. The zero-order chi connectivity index (χ0) is 21.8. The fourth-order valence-electron chi connectivity index (χ4n) is 4.02. The Morgan fingerprint density at radius 2 is 1.90 bits per heavy atom. The highest BCUT2D eigenvalue weighted by atomic mass is 35.5. The first-order valence-electron chi connectivity index (χ1n) is 10.0. The first-order chi connectivity index (χ1) is 15.1. The van der Waals surface area contributed by atoms with Crippen LogP contribution in [0.1, 0.15) is 38.3 Å². The number of fused-ring (bicyclic) bond motifs is 1. The second-order valence-corrected chi connectivity index (χ2v) is 8.71. The van der Waals surface area contributed by atoms with Crippen molar-refractivity contribution in [2.75, 3.05) is 20.3 Å². The van der Waals surface area contributed by atoms with E-state index in [2.05, 4.69) is 5.32 Å². The van der Waals surface area contributed by atoms with Crippen molar-refractivity contribution in [1.29, 1.82) is 0 Å². The molecular weight excluding hydrogens is 432 g/mol. The number of carbonyl (C=O) groups excluding carboxylic acids is 2. The summed E-state index contributed by atoms with van der Waals surface area (Å²) in [6.45, 7) is 1.12. The highest BCUT2D eigenvalue weighted by Crippen LogP contribution is 2.44. The molecule has 0 unspecified atom stereocenters. The monoisotopic (exact) mass is 454 g/mol. The maximum atomic E-state index is 13.6. The van der Waals surface area contributed by atoms with Gasteiger partial charge in [0.25, 0.3) is 5.91 Å². The van der Waals surface area contributed by atoms with Crippen LogP contribution in [0.15, 0.2) is 66.0 Å². The number of benzene rings is 2. The molecule has 2 aromatic carbocycles. The van der Waals surface area contributed by atoms with Crippen molar-refractivity contribution in [3.63, 3.8) is 0 Å². The molecule has 0 aliphatic carbocycles. The van der Waals surface area contributed by atoms with E-state index in [9.17, 15) is 9.59 Å². The topological polar surface area (TPSA) is 58.6 Å². The summed E-state index contributed by atoms with van der Waals surface area (Å²) in [6, 6.07) is 18.3. The van der Waals surface area contributed by atoms with Crippen LogP contribution in [0.25, 0.3) is 0 Å². The summed E-state index contributed by atoms with van der Waals surface area (Å²) >= 11 is 7.81. The molecule has 0 saturated carbocycles. The Morgan fingerprint density at radius 1 is 1.13 bits per heavy atom. The smallest absolute Gasteiger partial charge is 0.254 e. The molecule has 2 atom stereocenters. The maximum absolute atomic E-state index is 13.6. The number of ether oxygens (including phenoxy) is 1. The number of carbonyl (C=O) groups is 2. The summed E-state index contributed by atoms with van der Waals surface area (Å²) in [7, 11) is 1.61. The summed E-state index contributed by atoms with van der Waals surface area (Å²) in [4.78, 5) is 29.6. The van der Waals surface area contributed by atoms with Crippen molar-refractivity contribution in [2.24, 2.45) is 0 Å². The standard InChI is InChI=1S/C24H23ClN2O3S/c1-30-13-12-27-22(20-11-6-14-31-20)21(17-8-3-4-9-18(17)24(27)29)23(28)26-15-16-7-2-5-10-19(16)25/h2-11,14,21-22H,12-13,15H2,1H3,(H,26,28)/t21-,22+/m1/s1. The lowest BCUT2D eigenvalue weighted by Gasteiger charge is -2.41. The van der Waals surface area contributed by atoms with E-state index in [1.807, 2.05) is 53.9 Å². The van der Waals surface area contributed by atoms with E-state index < -0.39 is 12.0 Å². The highest BCUT2D eigenvalue weighted by molar-refractivity contribution is 7.10. The number of nitrogens with zero attached hydrogens (tertiary/aromatic N) is 1. The van der Waals surface area contributed by atoms with Gasteiger partial charge in [-0.15, -0.1) is 11.3 Å². The van der Waals surface area contributed by atoms with E-state index in [1.165, 1.54) is 0 Å². The zero-order valence-electron chi connectivity index (χ0n) is 17.1. The molecule has 7 heteroatoms. The zero-order valence-corrected chi connectivity index (χ0v) is 18.7. The number of halogens is 1. The van der Waals surface area contributed by atoms with E-state index in [0.717, 1.165) is 16.0 Å². The van der Waals surface area contributed by atoms with Crippen LogP contribution in [0.4, 0.5) is 0 Å². The van der Waals surface area contributed by atoms with Crippen LogP contribution in [-0.2, 0) is 16.1 Å². The van der Waals surface area contributed by atoms with Crippen LogP contribution in [0.3, 0.4) is 0 Å². The molecule has 0 saturated heterocycles. The Labute approximate surface area is 190 Å². The molecule has 2 heterocycles. The van der Waals surface area contributed by atoms with Gasteiger partial charge in [0.1, 0.15) is 0 Å². The predicted molar refractivity (Wildman–Crippen MR) is 122 cm³/mol. The largest absolute Gasteiger partial charge is 0.383 e. The summed E-state index contributed by atoms with van der Waals surface area (Å²) in [6.07, 6.45) is 0. The van der Waals surface area contributed by atoms with Gasteiger partial charge in [-0.1, -0.05) is 54.1 Å². The molecule has 4 rings (SSSR count). The van der Waals surface area contributed by atoms with E-state index in [1.54, 1.807) is 35.5 Å².